The molecule has 0 heterocycles. The van der Waals surface area contributed by atoms with Crippen molar-refractivity contribution >= 4 is 8.25 Å². The molecule has 0 radical (unpaired) electrons. The smallest absolute Gasteiger partial charge is 1.00 e. The fraction of sp³-hybridized carbons (Fsp3) is 1.00. The summed E-state index contributed by atoms with van der Waals surface area (Å²) >= 11 is 0. The van der Waals surface area contributed by atoms with Crippen LogP contribution in [0.3, 0.4) is 0 Å². The fourth-order valence-corrected chi connectivity index (χ4v) is 1.31. The van der Waals surface area contributed by atoms with E-state index in [0.717, 1.165) is 12.8 Å². The van der Waals surface area contributed by atoms with Gasteiger partial charge in [-0.15, -0.1) is 9.42 Å². The maximum atomic E-state index is 10.1. The van der Waals surface area contributed by atoms with Gasteiger partial charge in [0.05, 0.1) is 0 Å². The molecule has 0 aliphatic heterocycles. The Morgan fingerprint density at radius 2 is 1.64 bits per heavy atom. The average Bonchev–Trinajstić information content (AvgIpc) is 2.02. The molecule has 0 aliphatic rings. The summed E-state index contributed by atoms with van der Waals surface area (Å²) in [5.41, 5.74) is 0. The Morgan fingerprint density at radius 3 is 2.14 bits per heavy atom. The van der Waals surface area contributed by atoms with E-state index in [0.29, 0.717) is 6.61 Å². The number of unbranched alkanes of at least 4 members (excludes halogenated alkanes) is 5. The van der Waals surface area contributed by atoms with E-state index < -0.39 is 8.25 Å². The third-order valence-electron chi connectivity index (χ3n) is 1.70. The van der Waals surface area contributed by atoms with Crippen LogP contribution >= 0.6 is 8.25 Å². The molecule has 0 aliphatic carbocycles. The molecule has 0 rings (SSSR count). The number of rotatable bonds is 8. The zero-order valence-corrected chi connectivity index (χ0v) is 14.6. The van der Waals surface area contributed by atoms with Crippen molar-refractivity contribution in [1.29, 1.82) is 0 Å². The minimum absolute atomic E-state index is 0. The second-order valence-electron chi connectivity index (χ2n) is 2.84. The standard InChI is InChI=1S/C8H17O3P.2Na.2H/c1-2-3-4-5-6-7-8-11-12(9)10;;;;/h2-8H2,1H3;;;;/q;2*+1;2*-1/p+1. The maximum absolute atomic E-state index is 10.1. The molecule has 14 heavy (non-hydrogen) atoms. The van der Waals surface area contributed by atoms with Gasteiger partial charge in [-0.05, 0) is 6.42 Å². The van der Waals surface area contributed by atoms with Crippen LogP contribution in [0.15, 0.2) is 0 Å². The van der Waals surface area contributed by atoms with E-state index in [9.17, 15) is 4.57 Å². The largest absolute Gasteiger partial charge is 1.00 e. The molecule has 1 unspecified atom stereocenters. The third kappa shape index (κ3) is 19.6. The van der Waals surface area contributed by atoms with Crippen molar-refractivity contribution in [2.24, 2.45) is 0 Å². The van der Waals surface area contributed by atoms with Crippen molar-refractivity contribution in [3.05, 3.63) is 0 Å². The van der Waals surface area contributed by atoms with Crippen LogP contribution in [0.1, 0.15) is 48.3 Å². The Kier molecular flexibility index (Phi) is 26.5. The zero-order valence-electron chi connectivity index (χ0n) is 11.7. The predicted octanol–water partition coefficient (Wildman–Crippen LogP) is -2.75. The molecule has 0 aromatic carbocycles. The van der Waals surface area contributed by atoms with Gasteiger partial charge in [0.25, 0.3) is 0 Å². The van der Waals surface area contributed by atoms with Gasteiger partial charge in [0.15, 0.2) is 0 Å². The van der Waals surface area contributed by atoms with E-state index in [1.807, 2.05) is 0 Å². The van der Waals surface area contributed by atoms with Crippen LogP contribution in [0.5, 0.6) is 0 Å². The second-order valence-corrected chi connectivity index (χ2v) is 3.57. The third-order valence-corrected chi connectivity index (χ3v) is 2.10. The summed E-state index contributed by atoms with van der Waals surface area (Å²) in [5.74, 6) is 0. The van der Waals surface area contributed by atoms with Crippen LogP contribution in [-0.4, -0.2) is 11.5 Å². The Bertz CT molecular complexity index is 134. The Morgan fingerprint density at radius 1 is 1.14 bits per heavy atom. The molecule has 0 spiro atoms. The van der Waals surface area contributed by atoms with E-state index in [1.54, 1.807) is 0 Å². The molecular weight excluding hydrogens is 221 g/mol. The molecule has 0 aromatic heterocycles. The average molecular weight is 241 g/mol. The number of hydrogen-bond acceptors (Lipinski definition) is 2. The van der Waals surface area contributed by atoms with Crippen molar-refractivity contribution in [1.82, 2.24) is 0 Å². The van der Waals surface area contributed by atoms with Gasteiger partial charge >= 0.3 is 67.4 Å². The normalized spacial score (nSPS) is 10.0. The molecule has 0 aromatic rings. The van der Waals surface area contributed by atoms with Crippen LogP contribution in [0.25, 0.3) is 0 Å². The summed E-state index contributed by atoms with van der Waals surface area (Å²) in [6.07, 6.45) is 7.00. The quantitative estimate of drug-likeness (QED) is 0.285. The van der Waals surface area contributed by atoms with Crippen LogP contribution in [0, 0.1) is 0 Å². The minimum atomic E-state index is -2.38. The van der Waals surface area contributed by atoms with Gasteiger partial charge in [-0.3, -0.25) is 0 Å². The first-order valence-corrected chi connectivity index (χ1v) is 5.69. The van der Waals surface area contributed by atoms with Gasteiger partial charge in [-0.25, -0.2) is 0 Å². The van der Waals surface area contributed by atoms with Crippen molar-refractivity contribution in [3.8, 4) is 0 Å². The van der Waals surface area contributed by atoms with E-state index in [2.05, 4.69) is 11.4 Å². The van der Waals surface area contributed by atoms with Gasteiger partial charge < -0.3 is 2.85 Å². The van der Waals surface area contributed by atoms with Crippen LogP contribution in [-0.2, 0) is 9.09 Å². The van der Waals surface area contributed by atoms with E-state index in [-0.39, 0.29) is 62.0 Å². The van der Waals surface area contributed by atoms with Gasteiger partial charge in [0, 0.05) is 4.57 Å². The molecule has 0 saturated carbocycles. The Hall–Kier alpha value is 2.02. The van der Waals surface area contributed by atoms with Crippen LogP contribution in [0.4, 0.5) is 0 Å². The Labute approximate surface area is 135 Å². The summed E-state index contributed by atoms with van der Waals surface area (Å²) in [6.45, 7) is 2.59. The van der Waals surface area contributed by atoms with Gasteiger partial charge in [-0.1, -0.05) is 39.0 Å². The SMILES string of the molecule is CCCCCCCCO[P+](=O)O.[H-].[H-].[Na+].[Na+]. The summed E-state index contributed by atoms with van der Waals surface area (Å²) in [7, 11) is -2.38. The molecule has 6 heteroatoms. The predicted molar refractivity (Wildman–Crippen MR) is 51.4 cm³/mol. The van der Waals surface area contributed by atoms with Gasteiger partial charge in [0.1, 0.15) is 6.61 Å². The molecule has 0 fully saturated rings. The van der Waals surface area contributed by atoms with Crippen molar-refractivity contribution in [3.63, 3.8) is 0 Å². The molecule has 76 valence electrons. The molecule has 0 amide bonds. The monoisotopic (exact) mass is 241 g/mol. The first-order chi connectivity index (χ1) is 5.77. The van der Waals surface area contributed by atoms with E-state index >= 15 is 0 Å². The molecular formula is C8H20Na2O3P+. The summed E-state index contributed by atoms with van der Waals surface area (Å²) < 4.78 is 14.6. The maximum Gasteiger partial charge on any atom is 1.00 e. The number of hydrogen-bond donors (Lipinski definition) is 1. The summed E-state index contributed by atoms with van der Waals surface area (Å²) in [5, 5.41) is 0. The second kappa shape index (κ2) is 17.4. The van der Waals surface area contributed by atoms with Crippen LogP contribution in [0.2, 0.25) is 0 Å². The minimum Gasteiger partial charge on any atom is -1.00 e. The van der Waals surface area contributed by atoms with Crippen molar-refractivity contribution in [2.75, 3.05) is 6.61 Å². The molecule has 1 N–H and O–H groups in total. The Balaban J connectivity index is -0.000000101. The molecule has 0 saturated heterocycles. The van der Waals surface area contributed by atoms with Crippen molar-refractivity contribution in [2.45, 2.75) is 45.4 Å². The van der Waals surface area contributed by atoms with E-state index in [1.165, 1.54) is 25.7 Å². The van der Waals surface area contributed by atoms with Gasteiger partial charge in [0.2, 0.25) is 0 Å². The zero-order chi connectivity index (χ0) is 9.23. The van der Waals surface area contributed by atoms with Crippen molar-refractivity contribution < 1.29 is 76.0 Å². The fourth-order valence-electron chi connectivity index (χ4n) is 1.03. The summed E-state index contributed by atoms with van der Waals surface area (Å²) in [6, 6.07) is 0. The van der Waals surface area contributed by atoms with E-state index in [4.69, 9.17) is 4.89 Å². The first-order valence-electron chi connectivity index (χ1n) is 4.56. The molecule has 3 nitrogen and oxygen atoms in total. The van der Waals surface area contributed by atoms with Crippen LogP contribution < -0.4 is 59.1 Å². The van der Waals surface area contributed by atoms with Gasteiger partial charge in [-0.2, -0.15) is 0 Å². The summed E-state index contributed by atoms with van der Waals surface area (Å²) in [4.78, 5) is 8.28. The molecule has 1 atom stereocenters. The first kappa shape index (κ1) is 21.3. The molecule has 0 bridgehead atoms. The topological polar surface area (TPSA) is 46.5 Å².